The second kappa shape index (κ2) is 9.32. The van der Waals surface area contributed by atoms with Gasteiger partial charge in [-0.2, -0.15) is 0 Å². The van der Waals surface area contributed by atoms with Crippen LogP contribution in [-0.4, -0.2) is 33.5 Å². The number of nitrogens with zero attached hydrogens (tertiary/aromatic N) is 3. The summed E-state index contributed by atoms with van der Waals surface area (Å²) in [4.78, 5) is 12.3. The van der Waals surface area contributed by atoms with Crippen molar-refractivity contribution in [2.75, 3.05) is 18.2 Å². The molecule has 0 saturated carbocycles. The minimum Gasteiger partial charge on any atom is -0.497 e. The first-order valence-corrected chi connectivity index (χ1v) is 10.2. The van der Waals surface area contributed by atoms with Crippen LogP contribution < -0.4 is 10.1 Å². The Kier molecular flexibility index (Phi) is 6.83. The average Bonchev–Trinajstić information content (AvgIpc) is 3.11. The second-order valence-corrected chi connectivity index (χ2v) is 7.51. The van der Waals surface area contributed by atoms with E-state index in [1.807, 2.05) is 35.8 Å². The van der Waals surface area contributed by atoms with Gasteiger partial charge in [0, 0.05) is 23.9 Å². The fraction of sp³-hybridized carbons (Fsp3) is 0.211. The molecule has 6 nitrogen and oxygen atoms in total. The number of methoxy groups -OCH3 is 1. The molecule has 3 rings (SSSR count). The topological polar surface area (TPSA) is 69.0 Å². The number of anilines is 1. The number of ether oxygens (including phenoxy) is 1. The number of benzene rings is 2. The van der Waals surface area contributed by atoms with Crippen LogP contribution in [0.5, 0.6) is 5.75 Å². The maximum atomic E-state index is 12.3. The number of amides is 1. The average molecular weight is 437 g/mol. The van der Waals surface area contributed by atoms with Gasteiger partial charge in [0.25, 0.3) is 0 Å². The van der Waals surface area contributed by atoms with E-state index in [9.17, 15) is 4.79 Å². The maximum Gasteiger partial charge on any atom is 0.234 e. The molecule has 0 aliphatic carbocycles. The summed E-state index contributed by atoms with van der Waals surface area (Å²) < 4.78 is 7.09. The minimum atomic E-state index is -0.139. The van der Waals surface area contributed by atoms with Crippen molar-refractivity contribution < 1.29 is 9.53 Å². The van der Waals surface area contributed by atoms with Crippen molar-refractivity contribution in [1.29, 1.82) is 0 Å². The van der Waals surface area contributed by atoms with Gasteiger partial charge in [0.15, 0.2) is 11.0 Å². The van der Waals surface area contributed by atoms with E-state index in [0.29, 0.717) is 39.0 Å². The molecule has 146 valence electrons. The Balaban J connectivity index is 1.69. The molecule has 0 aliphatic rings. The Labute approximate surface area is 177 Å². The van der Waals surface area contributed by atoms with Gasteiger partial charge >= 0.3 is 0 Å². The van der Waals surface area contributed by atoms with Crippen molar-refractivity contribution in [2.45, 2.75) is 18.6 Å². The van der Waals surface area contributed by atoms with Gasteiger partial charge in [-0.05, 0) is 37.3 Å². The fourth-order valence-corrected chi connectivity index (χ4v) is 3.66. The molecule has 0 saturated heterocycles. The molecule has 0 bridgehead atoms. The number of hydrogen-bond acceptors (Lipinski definition) is 5. The fourth-order valence-electron chi connectivity index (χ4n) is 2.56. The van der Waals surface area contributed by atoms with Gasteiger partial charge in [0.05, 0.1) is 22.9 Å². The maximum absolute atomic E-state index is 12.3. The van der Waals surface area contributed by atoms with E-state index in [4.69, 9.17) is 27.9 Å². The molecule has 1 N–H and O–H groups in total. The summed E-state index contributed by atoms with van der Waals surface area (Å²) in [7, 11) is 1.58. The van der Waals surface area contributed by atoms with Crippen molar-refractivity contribution in [3.63, 3.8) is 0 Å². The predicted octanol–water partition coefficient (Wildman–Crippen LogP) is 5.01. The number of nitrogens with one attached hydrogen (secondary N) is 1. The predicted molar refractivity (Wildman–Crippen MR) is 113 cm³/mol. The van der Waals surface area contributed by atoms with Crippen LogP contribution in [0.1, 0.15) is 6.92 Å². The molecule has 0 atom stereocenters. The lowest BCUT2D eigenvalue weighted by atomic mass is 10.2. The summed E-state index contributed by atoms with van der Waals surface area (Å²) in [6, 6.07) is 12.5. The van der Waals surface area contributed by atoms with Crippen LogP contribution >= 0.6 is 35.0 Å². The zero-order valence-corrected chi connectivity index (χ0v) is 17.6. The van der Waals surface area contributed by atoms with Crippen LogP contribution in [0.3, 0.4) is 0 Å². The summed E-state index contributed by atoms with van der Waals surface area (Å²) in [5, 5.41) is 12.9. The Morgan fingerprint density at radius 3 is 2.71 bits per heavy atom. The highest BCUT2D eigenvalue weighted by Crippen LogP contribution is 2.29. The molecule has 9 heteroatoms. The number of carbonyl (C=O) groups excluding carboxylic acids is 1. The van der Waals surface area contributed by atoms with E-state index in [-0.39, 0.29) is 11.7 Å². The lowest BCUT2D eigenvalue weighted by Crippen LogP contribution is -2.14. The summed E-state index contributed by atoms with van der Waals surface area (Å²) in [5.74, 6) is 1.43. The van der Waals surface area contributed by atoms with E-state index < -0.39 is 0 Å². The Morgan fingerprint density at radius 2 is 2.00 bits per heavy atom. The molecule has 0 spiro atoms. The van der Waals surface area contributed by atoms with Gasteiger partial charge in [-0.3, -0.25) is 4.79 Å². The van der Waals surface area contributed by atoms with Crippen LogP contribution in [0.15, 0.2) is 47.6 Å². The third-order valence-electron chi connectivity index (χ3n) is 3.90. The van der Waals surface area contributed by atoms with Crippen LogP contribution in [0.4, 0.5) is 5.69 Å². The van der Waals surface area contributed by atoms with Gasteiger partial charge in [0.2, 0.25) is 5.91 Å². The quantitative estimate of drug-likeness (QED) is 0.527. The molecule has 0 fully saturated rings. The van der Waals surface area contributed by atoms with Gasteiger partial charge in [-0.25, -0.2) is 0 Å². The smallest absolute Gasteiger partial charge is 0.234 e. The van der Waals surface area contributed by atoms with E-state index in [2.05, 4.69) is 15.5 Å². The monoisotopic (exact) mass is 436 g/mol. The first-order chi connectivity index (χ1) is 13.5. The van der Waals surface area contributed by atoms with E-state index in [1.165, 1.54) is 11.8 Å². The van der Waals surface area contributed by atoms with Crippen molar-refractivity contribution >= 4 is 46.6 Å². The Hall–Kier alpha value is -2.22. The van der Waals surface area contributed by atoms with Crippen molar-refractivity contribution in [3.05, 3.63) is 52.5 Å². The first-order valence-electron chi connectivity index (χ1n) is 8.47. The lowest BCUT2D eigenvalue weighted by Gasteiger charge is -2.09. The number of aromatic nitrogens is 3. The number of halogens is 2. The van der Waals surface area contributed by atoms with Gasteiger partial charge in [-0.15, -0.1) is 10.2 Å². The molecule has 0 aliphatic heterocycles. The van der Waals surface area contributed by atoms with Crippen molar-refractivity contribution in [3.8, 4) is 17.1 Å². The van der Waals surface area contributed by atoms with Gasteiger partial charge < -0.3 is 14.6 Å². The minimum absolute atomic E-state index is 0.139. The molecule has 0 unspecified atom stereocenters. The zero-order valence-electron chi connectivity index (χ0n) is 15.3. The molecule has 1 amide bonds. The molecule has 2 aromatic carbocycles. The number of rotatable bonds is 7. The standard InChI is InChI=1S/C19H18Cl2N4O2S/c1-3-25-18(12-7-8-15(20)16(21)9-12)23-24-19(25)28-11-17(26)22-13-5-4-6-14(10-13)27-2/h4-10H,3,11H2,1-2H3,(H,22,26). The highest BCUT2D eigenvalue weighted by molar-refractivity contribution is 7.99. The first kappa shape index (κ1) is 20.5. The van der Waals surface area contributed by atoms with Crippen LogP contribution in [0.25, 0.3) is 11.4 Å². The molecular weight excluding hydrogens is 419 g/mol. The Bertz CT molecular complexity index is 994. The van der Waals surface area contributed by atoms with Crippen molar-refractivity contribution in [2.24, 2.45) is 0 Å². The summed E-state index contributed by atoms with van der Waals surface area (Å²) in [5.41, 5.74) is 1.50. The summed E-state index contributed by atoms with van der Waals surface area (Å²) in [6.45, 7) is 2.65. The van der Waals surface area contributed by atoms with E-state index >= 15 is 0 Å². The lowest BCUT2D eigenvalue weighted by molar-refractivity contribution is -0.113. The van der Waals surface area contributed by atoms with Crippen molar-refractivity contribution in [1.82, 2.24) is 14.8 Å². The molecule has 3 aromatic rings. The van der Waals surface area contributed by atoms with Crippen LogP contribution in [-0.2, 0) is 11.3 Å². The molecule has 0 radical (unpaired) electrons. The SMILES string of the molecule is CCn1c(SCC(=O)Nc2cccc(OC)c2)nnc1-c1ccc(Cl)c(Cl)c1. The summed E-state index contributed by atoms with van der Waals surface area (Å²) >= 11 is 13.4. The van der Waals surface area contributed by atoms with E-state index in [1.54, 1.807) is 25.3 Å². The third-order valence-corrected chi connectivity index (χ3v) is 5.60. The second-order valence-electron chi connectivity index (χ2n) is 5.75. The largest absolute Gasteiger partial charge is 0.497 e. The number of hydrogen-bond donors (Lipinski definition) is 1. The molecule has 1 aromatic heterocycles. The molecular formula is C19H18Cl2N4O2S. The normalized spacial score (nSPS) is 10.7. The highest BCUT2D eigenvalue weighted by atomic mass is 35.5. The molecule has 1 heterocycles. The van der Waals surface area contributed by atoms with Crippen LogP contribution in [0, 0.1) is 0 Å². The third kappa shape index (κ3) is 4.79. The van der Waals surface area contributed by atoms with Gasteiger partial charge in [0.1, 0.15) is 5.75 Å². The zero-order chi connectivity index (χ0) is 20.1. The Morgan fingerprint density at radius 1 is 1.18 bits per heavy atom. The number of carbonyl (C=O) groups is 1. The van der Waals surface area contributed by atoms with E-state index in [0.717, 1.165) is 5.56 Å². The number of thioether (sulfide) groups is 1. The van der Waals surface area contributed by atoms with Gasteiger partial charge in [-0.1, -0.05) is 41.0 Å². The summed E-state index contributed by atoms with van der Waals surface area (Å²) in [6.07, 6.45) is 0. The molecule has 28 heavy (non-hydrogen) atoms. The highest BCUT2D eigenvalue weighted by Gasteiger charge is 2.15. The van der Waals surface area contributed by atoms with Crippen LogP contribution in [0.2, 0.25) is 10.0 Å².